The minimum absolute atomic E-state index is 0.00426. The molecule has 2 N–H and O–H groups in total. The van der Waals surface area contributed by atoms with E-state index in [0.29, 0.717) is 19.6 Å². The lowest BCUT2D eigenvalue weighted by atomic mass is 10.1. The van der Waals surface area contributed by atoms with Crippen LogP contribution in [-0.2, 0) is 17.9 Å². The number of nitrogens with zero attached hydrogens (tertiary/aromatic N) is 1. The van der Waals surface area contributed by atoms with E-state index in [1.807, 2.05) is 24.3 Å². The first-order valence-electron chi connectivity index (χ1n) is 6.66. The van der Waals surface area contributed by atoms with Gasteiger partial charge in [-0.05, 0) is 35.7 Å². The lowest BCUT2D eigenvalue weighted by Crippen LogP contribution is -2.33. The third-order valence-electron chi connectivity index (χ3n) is 3.10. The van der Waals surface area contributed by atoms with E-state index in [-0.39, 0.29) is 5.91 Å². The number of nitrogens with one attached hydrogen (secondary N) is 2. The molecule has 0 saturated carbocycles. The van der Waals surface area contributed by atoms with E-state index in [4.69, 9.17) is 0 Å². The van der Waals surface area contributed by atoms with Crippen LogP contribution in [0.4, 0.5) is 0 Å². The summed E-state index contributed by atoms with van der Waals surface area (Å²) in [5.41, 5.74) is 3.50. The molecule has 0 bridgehead atoms. The molecule has 0 aliphatic carbocycles. The Morgan fingerprint density at radius 2 is 1.85 bits per heavy atom. The zero-order chi connectivity index (χ0) is 14.2. The molecule has 104 valence electrons. The monoisotopic (exact) mass is 269 g/mol. The van der Waals surface area contributed by atoms with Crippen LogP contribution in [0.3, 0.4) is 0 Å². The van der Waals surface area contributed by atoms with Crippen molar-refractivity contribution in [2.75, 3.05) is 6.54 Å². The van der Waals surface area contributed by atoms with Crippen molar-refractivity contribution in [3.05, 3.63) is 65.5 Å². The van der Waals surface area contributed by atoms with Crippen molar-refractivity contribution in [2.45, 2.75) is 20.0 Å². The summed E-state index contributed by atoms with van der Waals surface area (Å²) >= 11 is 0. The molecule has 4 nitrogen and oxygen atoms in total. The van der Waals surface area contributed by atoms with Crippen molar-refractivity contribution in [3.63, 3.8) is 0 Å². The van der Waals surface area contributed by atoms with E-state index in [2.05, 4.69) is 34.7 Å². The Morgan fingerprint density at radius 3 is 2.60 bits per heavy atom. The molecular weight excluding hydrogens is 250 g/mol. The number of carbonyl (C=O) groups excluding carboxylic acids is 1. The Bertz CT molecular complexity index is 555. The van der Waals surface area contributed by atoms with Crippen molar-refractivity contribution in [1.29, 1.82) is 0 Å². The summed E-state index contributed by atoms with van der Waals surface area (Å²) in [7, 11) is 0. The molecular formula is C16H19N3O. The van der Waals surface area contributed by atoms with Gasteiger partial charge in [-0.2, -0.15) is 0 Å². The largest absolute Gasteiger partial charge is 0.351 e. The minimum Gasteiger partial charge on any atom is -0.351 e. The van der Waals surface area contributed by atoms with Crippen LogP contribution >= 0.6 is 0 Å². The molecule has 0 saturated heterocycles. The zero-order valence-corrected chi connectivity index (χ0v) is 11.6. The lowest BCUT2D eigenvalue weighted by Gasteiger charge is -2.08. The van der Waals surface area contributed by atoms with Gasteiger partial charge in [0, 0.05) is 25.5 Å². The highest BCUT2D eigenvalue weighted by Gasteiger charge is 2.02. The van der Waals surface area contributed by atoms with Crippen LogP contribution in [0, 0.1) is 6.92 Å². The molecule has 1 heterocycles. The van der Waals surface area contributed by atoms with Gasteiger partial charge >= 0.3 is 0 Å². The highest BCUT2D eigenvalue weighted by atomic mass is 16.1. The average molecular weight is 269 g/mol. The third-order valence-corrected chi connectivity index (χ3v) is 3.10. The Labute approximate surface area is 119 Å². The van der Waals surface area contributed by atoms with Gasteiger partial charge < -0.3 is 10.6 Å². The van der Waals surface area contributed by atoms with Crippen molar-refractivity contribution < 1.29 is 4.79 Å². The summed E-state index contributed by atoms with van der Waals surface area (Å²) in [5.74, 6) is -0.00426. The zero-order valence-electron chi connectivity index (χ0n) is 11.6. The molecule has 0 aliphatic heterocycles. The number of aryl methyl sites for hydroxylation is 1. The molecule has 4 heteroatoms. The van der Waals surface area contributed by atoms with Crippen LogP contribution < -0.4 is 10.6 Å². The molecule has 2 aromatic rings. The number of amides is 1. The SMILES string of the molecule is Cc1ccccc1CNCC(=O)NCc1ccncc1. The normalized spacial score (nSPS) is 10.2. The first kappa shape index (κ1) is 14.2. The second kappa shape index (κ2) is 7.40. The smallest absolute Gasteiger partial charge is 0.234 e. The molecule has 0 atom stereocenters. The predicted octanol–water partition coefficient (Wildman–Crippen LogP) is 1.80. The van der Waals surface area contributed by atoms with Gasteiger partial charge in [0.05, 0.1) is 6.54 Å². The summed E-state index contributed by atoms with van der Waals surface area (Å²) in [6.07, 6.45) is 3.44. The van der Waals surface area contributed by atoms with Crippen LogP contribution in [-0.4, -0.2) is 17.4 Å². The van der Waals surface area contributed by atoms with Gasteiger partial charge in [0.15, 0.2) is 0 Å². The standard InChI is InChI=1S/C16H19N3O/c1-13-4-2-3-5-15(13)11-18-12-16(20)19-10-14-6-8-17-9-7-14/h2-9,18H,10-12H2,1H3,(H,19,20). The summed E-state index contributed by atoms with van der Waals surface area (Å²) in [4.78, 5) is 15.6. The first-order chi connectivity index (χ1) is 9.75. The summed E-state index contributed by atoms with van der Waals surface area (Å²) in [6.45, 7) is 3.63. The van der Waals surface area contributed by atoms with Crippen molar-refractivity contribution >= 4 is 5.91 Å². The van der Waals surface area contributed by atoms with Crippen LogP contribution in [0.25, 0.3) is 0 Å². The van der Waals surface area contributed by atoms with Gasteiger partial charge in [-0.1, -0.05) is 24.3 Å². The number of hydrogen-bond donors (Lipinski definition) is 2. The number of aromatic nitrogens is 1. The lowest BCUT2D eigenvalue weighted by molar-refractivity contribution is -0.120. The van der Waals surface area contributed by atoms with Gasteiger partial charge in [-0.15, -0.1) is 0 Å². The number of pyridine rings is 1. The third kappa shape index (κ3) is 4.48. The molecule has 0 spiro atoms. The maximum absolute atomic E-state index is 11.7. The average Bonchev–Trinajstić information content (AvgIpc) is 2.48. The van der Waals surface area contributed by atoms with E-state index in [1.54, 1.807) is 12.4 Å². The minimum atomic E-state index is -0.00426. The number of rotatable bonds is 6. The van der Waals surface area contributed by atoms with Gasteiger partial charge in [0.1, 0.15) is 0 Å². The molecule has 0 radical (unpaired) electrons. The highest BCUT2D eigenvalue weighted by Crippen LogP contribution is 2.05. The fraction of sp³-hybridized carbons (Fsp3) is 0.250. The van der Waals surface area contributed by atoms with E-state index >= 15 is 0 Å². The van der Waals surface area contributed by atoms with Crippen LogP contribution in [0.5, 0.6) is 0 Å². The molecule has 0 fully saturated rings. The van der Waals surface area contributed by atoms with Crippen LogP contribution in [0.2, 0.25) is 0 Å². The van der Waals surface area contributed by atoms with Crippen molar-refractivity contribution in [3.8, 4) is 0 Å². The summed E-state index contributed by atoms with van der Waals surface area (Å²) in [6, 6.07) is 11.9. The highest BCUT2D eigenvalue weighted by molar-refractivity contribution is 5.77. The summed E-state index contributed by atoms with van der Waals surface area (Å²) < 4.78 is 0. The molecule has 1 amide bonds. The van der Waals surface area contributed by atoms with Crippen molar-refractivity contribution in [1.82, 2.24) is 15.6 Å². The van der Waals surface area contributed by atoms with E-state index in [9.17, 15) is 4.79 Å². The topological polar surface area (TPSA) is 54.0 Å². The second-order valence-corrected chi connectivity index (χ2v) is 4.66. The number of hydrogen-bond acceptors (Lipinski definition) is 3. The fourth-order valence-corrected chi connectivity index (χ4v) is 1.88. The second-order valence-electron chi connectivity index (χ2n) is 4.66. The van der Waals surface area contributed by atoms with Gasteiger partial charge in [0.2, 0.25) is 5.91 Å². The molecule has 2 rings (SSSR count). The molecule has 20 heavy (non-hydrogen) atoms. The Balaban J connectivity index is 1.69. The summed E-state index contributed by atoms with van der Waals surface area (Å²) in [5, 5.41) is 6.02. The van der Waals surface area contributed by atoms with E-state index < -0.39 is 0 Å². The molecule has 0 aliphatic rings. The number of carbonyl (C=O) groups is 1. The van der Waals surface area contributed by atoms with Crippen LogP contribution in [0.15, 0.2) is 48.8 Å². The Hall–Kier alpha value is -2.20. The number of benzene rings is 1. The Morgan fingerprint density at radius 1 is 1.10 bits per heavy atom. The molecule has 0 unspecified atom stereocenters. The molecule has 1 aromatic carbocycles. The van der Waals surface area contributed by atoms with Gasteiger partial charge in [-0.25, -0.2) is 0 Å². The quantitative estimate of drug-likeness (QED) is 0.840. The van der Waals surface area contributed by atoms with Gasteiger partial charge in [-0.3, -0.25) is 9.78 Å². The molecule has 1 aromatic heterocycles. The van der Waals surface area contributed by atoms with Crippen molar-refractivity contribution in [2.24, 2.45) is 0 Å². The Kier molecular flexibility index (Phi) is 5.26. The fourth-order valence-electron chi connectivity index (χ4n) is 1.88. The van der Waals surface area contributed by atoms with E-state index in [1.165, 1.54) is 11.1 Å². The van der Waals surface area contributed by atoms with Gasteiger partial charge in [0.25, 0.3) is 0 Å². The maximum atomic E-state index is 11.7. The maximum Gasteiger partial charge on any atom is 0.234 e. The predicted molar refractivity (Wildman–Crippen MR) is 79.0 cm³/mol. The van der Waals surface area contributed by atoms with E-state index in [0.717, 1.165) is 5.56 Å². The van der Waals surface area contributed by atoms with Crippen LogP contribution in [0.1, 0.15) is 16.7 Å². The first-order valence-corrected chi connectivity index (χ1v) is 6.66.